The monoisotopic (exact) mass is 432 g/mol. The van der Waals surface area contributed by atoms with E-state index in [1.54, 1.807) is 18.9 Å². The quantitative estimate of drug-likeness (QED) is 0.579. The van der Waals surface area contributed by atoms with Gasteiger partial charge in [-0.05, 0) is 41.0 Å². The summed E-state index contributed by atoms with van der Waals surface area (Å²) in [5.74, 6) is 0.436. The van der Waals surface area contributed by atoms with Crippen molar-refractivity contribution in [3.63, 3.8) is 0 Å². The summed E-state index contributed by atoms with van der Waals surface area (Å²) in [6.07, 6.45) is 0. The van der Waals surface area contributed by atoms with Crippen LogP contribution in [0.4, 0.5) is 5.69 Å². The lowest BCUT2D eigenvalue weighted by molar-refractivity contribution is -0.128. The number of ether oxygens (including phenoxy) is 1. The van der Waals surface area contributed by atoms with Gasteiger partial charge in [-0.2, -0.15) is 0 Å². The van der Waals surface area contributed by atoms with Gasteiger partial charge in [0.2, 0.25) is 5.91 Å². The van der Waals surface area contributed by atoms with E-state index in [4.69, 9.17) is 4.74 Å². The van der Waals surface area contributed by atoms with E-state index in [1.807, 2.05) is 83.8 Å². The van der Waals surface area contributed by atoms with Gasteiger partial charge in [-0.15, -0.1) is 11.8 Å². The molecule has 0 spiro atoms. The molecule has 0 aromatic heterocycles. The molecule has 0 aliphatic carbocycles. The zero-order valence-electron chi connectivity index (χ0n) is 17.3. The van der Waals surface area contributed by atoms with Gasteiger partial charge >= 0.3 is 0 Å². The molecule has 1 fully saturated rings. The topological polar surface area (TPSA) is 58.6 Å². The molecule has 158 valence electrons. The van der Waals surface area contributed by atoms with Crippen molar-refractivity contribution in [2.24, 2.45) is 0 Å². The first-order valence-electron chi connectivity index (χ1n) is 10.1. The predicted octanol–water partition coefficient (Wildman–Crippen LogP) is 4.86. The summed E-state index contributed by atoms with van der Waals surface area (Å²) >= 11 is 1.62. The third-order valence-electron chi connectivity index (χ3n) is 5.12. The number of nitrogens with zero attached hydrogens (tertiary/aromatic N) is 1. The predicted molar refractivity (Wildman–Crippen MR) is 124 cm³/mol. The number of methoxy groups -OCH3 is 1. The van der Waals surface area contributed by atoms with Crippen LogP contribution in [0.15, 0.2) is 78.9 Å². The fraction of sp³-hybridized carbons (Fsp3) is 0.200. The van der Waals surface area contributed by atoms with Gasteiger partial charge in [-0.25, -0.2) is 0 Å². The number of nitrogens with one attached hydrogen (secondary N) is 1. The van der Waals surface area contributed by atoms with Crippen LogP contribution in [0, 0.1) is 0 Å². The fourth-order valence-corrected chi connectivity index (χ4v) is 4.78. The van der Waals surface area contributed by atoms with E-state index in [2.05, 4.69) is 5.32 Å². The third kappa shape index (κ3) is 5.16. The van der Waals surface area contributed by atoms with Crippen molar-refractivity contribution in [2.75, 3.05) is 18.2 Å². The van der Waals surface area contributed by atoms with Gasteiger partial charge in [-0.3, -0.25) is 9.59 Å². The highest BCUT2D eigenvalue weighted by atomic mass is 32.2. The maximum absolute atomic E-state index is 12.7. The van der Waals surface area contributed by atoms with Crippen molar-refractivity contribution in [1.29, 1.82) is 0 Å². The lowest BCUT2D eigenvalue weighted by Gasteiger charge is -2.24. The molecule has 1 aliphatic rings. The lowest BCUT2D eigenvalue weighted by atomic mass is 10.1. The summed E-state index contributed by atoms with van der Waals surface area (Å²) in [6.45, 7) is 1.08. The van der Waals surface area contributed by atoms with Crippen molar-refractivity contribution in [3.05, 3.63) is 101 Å². The maximum atomic E-state index is 12.7. The van der Waals surface area contributed by atoms with E-state index < -0.39 is 0 Å². The Labute approximate surface area is 186 Å². The minimum absolute atomic E-state index is 0.0458. The van der Waals surface area contributed by atoms with Gasteiger partial charge in [0.15, 0.2) is 0 Å². The molecule has 4 rings (SSSR count). The Morgan fingerprint density at radius 3 is 2.52 bits per heavy atom. The van der Waals surface area contributed by atoms with Crippen LogP contribution in [0.2, 0.25) is 0 Å². The number of amides is 2. The normalized spacial score (nSPS) is 15.8. The van der Waals surface area contributed by atoms with Gasteiger partial charge in [0.05, 0.1) is 12.4 Å². The average molecular weight is 433 g/mol. The van der Waals surface area contributed by atoms with Crippen LogP contribution in [0.25, 0.3) is 0 Å². The van der Waals surface area contributed by atoms with Crippen molar-refractivity contribution >= 4 is 29.3 Å². The first-order chi connectivity index (χ1) is 15.1. The molecule has 1 atom stereocenters. The summed E-state index contributed by atoms with van der Waals surface area (Å²) in [5.41, 5.74) is 4.43. The second-order valence-electron chi connectivity index (χ2n) is 7.38. The molecule has 5 nitrogen and oxygen atoms in total. The molecule has 0 unspecified atom stereocenters. The van der Waals surface area contributed by atoms with Crippen LogP contribution in [0.3, 0.4) is 0 Å². The van der Waals surface area contributed by atoms with Gasteiger partial charge in [0.25, 0.3) is 5.91 Å². The average Bonchev–Trinajstić information content (AvgIpc) is 3.15. The number of anilines is 1. The Morgan fingerprint density at radius 1 is 1.03 bits per heavy atom. The van der Waals surface area contributed by atoms with E-state index in [0.29, 0.717) is 24.5 Å². The highest BCUT2D eigenvalue weighted by Gasteiger charge is 2.32. The SMILES string of the molecule is COCc1cccc(NC(=O)c2ccc([C@@H]3SCC(=O)N3Cc3ccccc3)cc2)c1. The second kappa shape index (κ2) is 9.81. The number of carbonyl (C=O) groups is 2. The Kier molecular flexibility index (Phi) is 6.70. The highest BCUT2D eigenvalue weighted by Crippen LogP contribution is 2.39. The molecule has 1 aliphatic heterocycles. The number of thioether (sulfide) groups is 1. The van der Waals surface area contributed by atoms with Crippen LogP contribution in [-0.4, -0.2) is 29.6 Å². The van der Waals surface area contributed by atoms with E-state index in [9.17, 15) is 9.59 Å². The smallest absolute Gasteiger partial charge is 0.255 e. The number of carbonyl (C=O) groups excluding carboxylic acids is 2. The molecule has 31 heavy (non-hydrogen) atoms. The molecular formula is C25H24N2O3S. The first-order valence-corrected chi connectivity index (χ1v) is 11.1. The molecule has 1 heterocycles. The Bertz CT molecular complexity index is 1050. The Balaban J connectivity index is 1.45. The minimum Gasteiger partial charge on any atom is -0.380 e. The third-order valence-corrected chi connectivity index (χ3v) is 6.37. The summed E-state index contributed by atoms with van der Waals surface area (Å²) < 4.78 is 5.15. The van der Waals surface area contributed by atoms with Gasteiger partial charge in [-0.1, -0.05) is 54.6 Å². The molecule has 3 aromatic carbocycles. The number of hydrogen-bond acceptors (Lipinski definition) is 4. The second-order valence-corrected chi connectivity index (χ2v) is 8.45. The summed E-state index contributed by atoms with van der Waals surface area (Å²) in [4.78, 5) is 27.0. The van der Waals surface area contributed by atoms with Crippen molar-refractivity contribution in [2.45, 2.75) is 18.5 Å². The summed E-state index contributed by atoms with van der Waals surface area (Å²) in [7, 11) is 1.64. The summed E-state index contributed by atoms with van der Waals surface area (Å²) in [5, 5.41) is 2.88. The lowest BCUT2D eigenvalue weighted by Crippen LogP contribution is -2.27. The molecule has 6 heteroatoms. The van der Waals surface area contributed by atoms with Crippen LogP contribution in [0.1, 0.15) is 32.4 Å². The van der Waals surface area contributed by atoms with Gasteiger partial charge in [0.1, 0.15) is 5.37 Å². The van der Waals surface area contributed by atoms with Crippen molar-refractivity contribution in [1.82, 2.24) is 4.90 Å². The van der Waals surface area contributed by atoms with E-state index >= 15 is 0 Å². The van der Waals surface area contributed by atoms with Crippen molar-refractivity contribution in [3.8, 4) is 0 Å². The van der Waals surface area contributed by atoms with E-state index in [1.165, 1.54) is 0 Å². The molecule has 2 amide bonds. The largest absolute Gasteiger partial charge is 0.380 e. The molecule has 1 saturated heterocycles. The molecule has 1 N–H and O–H groups in total. The van der Waals surface area contributed by atoms with E-state index in [0.717, 1.165) is 22.4 Å². The fourth-order valence-electron chi connectivity index (χ4n) is 3.59. The van der Waals surface area contributed by atoms with Crippen LogP contribution in [0.5, 0.6) is 0 Å². The van der Waals surface area contributed by atoms with Crippen LogP contribution in [-0.2, 0) is 22.7 Å². The highest BCUT2D eigenvalue weighted by molar-refractivity contribution is 8.00. The maximum Gasteiger partial charge on any atom is 0.255 e. The van der Waals surface area contributed by atoms with Crippen LogP contribution < -0.4 is 5.32 Å². The number of rotatable bonds is 7. The van der Waals surface area contributed by atoms with Gasteiger partial charge < -0.3 is 15.0 Å². The zero-order valence-corrected chi connectivity index (χ0v) is 18.1. The zero-order chi connectivity index (χ0) is 21.6. The Hall–Kier alpha value is -3.09. The first kappa shape index (κ1) is 21.2. The number of benzene rings is 3. The summed E-state index contributed by atoms with van der Waals surface area (Å²) in [6, 6.07) is 25.1. The molecule has 0 radical (unpaired) electrons. The molecule has 3 aromatic rings. The van der Waals surface area contributed by atoms with Gasteiger partial charge in [0, 0.05) is 24.9 Å². The molecule has 0 bridgehead atoms. The van der Waals surface area contributed by atoms with Crippen LogP contribution >= 0.6 is 11.8 Å². The molecule has 0 saturated carbocycles. The van der Waals surface area contributed by atoms with E-state index in [-0.39, 0.29) is 17.2 Å². The number of hydrogen-bond donors (Lipinski definition) is 1. The standard InChI is InChI=1S/C25H24N2O3S/c1-30-16-19-8-5-9-22(14-19)26-24(29)20-10-12-21(13-11-20)25-27(23(28)17-31-25)15-18-6-3-2-4-7-18/h2-14,25H,15-17H2,1H3,(H,26,29)/t25-/m0/s1. The Morgan fingerprint density at radius 2 is 1.77 bits per heavy atom. The molecular weight excluding hydrogens is 408 g/mol. The minimum atomic E-state index is -0.169. The van der Waals surface area contributed by atoms with Crippen molar-refractivity contribution < 1.29 is 14.3 Å².